The number of hydrogen-bond acceptors (Lipinski definition) is 5. The maximum Gasteiger partial charge on any atom is 0.356 e. The SMILES string of the molecule is COC(=O)c1ccc(N)c(Nc2cccc(C)c2C)n1. The molecule has 2 aromatic rings. The number of nitrogens with one attached hydrogen (secondary N) is 1. The van der Waals surface area contributed by atoms with Crippen molar-refractivity contribution >= 4 is 23.2 Å². The number of rotatable bonds is 3. The molecule has 0 amide bonds. The van der Waals surface area contributed by atoms with Crippen LogP contribution in [0.3, 0.4) is 0 Å². The predicted molar refractivity (Wildman–Crippen MR) is 79.2 cm³/mol. The number of benzene rings is 1. The summed E-state index contributed by atoms with van der Waals surface area (Å²) in [6.45, 7) is 4.04. The Bertz CT molecular complexity index is 654. The van der Waals surface area contributed by atoms with Crippen LogP contribution in [0.4, 0.5) is 17.2 Å². The summed E-state index contributed by atoms with van der Waals surface area (Å²) in [5.74, 6) is -0.0457. The van der Waals surface area contributed by atoms with Crippen molar-refractivity contribution in [2.24, 2.45) is 0 Å². The van der Waals surface area contributed by atoms with Crippen LogP contribution in [0.2, 0.25) is 0 Å². The smallest absolute Gasteiger partial charge is 0.356 e. The lowest BCUT2D eigenvalue weighted by Crippen LogP contribution is -2.08. The molecular formula is C15H17N3O2. The van der Waals surface area contributed by atoms with E-state index in [-0.39, 0.29) is 5.69 Å². The average Bonchev–Trinajstić information content (AvgIpc) is 2.45. The number of aromatic nitrogens is 1. The van der Waals surface area contributed by atoms with Crippen molar-refractivity contribution in [3.8, 4) is 0 Å². The molecule has 0 saturated carbocycles. The van der Waals surface area contributed by atoms with Gasteiger partial charge in [0.05, 0.1) is 12.8 Å². The maximum atomic E-state index is 11.5. The number of hydrogen-bond donors (Lipinski definition) is 2. The number of carbonyl (C=O) groups excluding carboxylic acids is 1. The van der Waals surface area contributed by atoms with Crippen molar-refractivity contribution in [1.29, 1.82) is 0 Å². The summed E-state index contributed by atoms with van der Waals surface area (Å²) in [6, 6.07) is 9.09. The molecule has 1 aromatic heterocycles. The average molecular weight is 271 g/mol. The van der Waals surface area contributed by atoms with Gasteiger partial charge < -0.3 is 15.8 Å². The maximum absolute atomic E-state index is 11.5. The van der Waals surface area contributed by atoms with E-state index in [1.165, 1.54) is 13.2 Å². The number of anilines is 3. The summed E-state index contributed by atoms with van der Waals surface area (Å²) in [5.41, 5.74) is 9.76. The van der Waals surface area contributed by atoms with Crippen molar-refractivity contribution in [2.75, 3.05) is 18.2 Å². The summed E-state index contributed by atoms with van der Waals surface area (Å²) in [5, 5.41) is 3.16. The Balaban J connectivity index is 2.38. The monoisotopic (exact) mass is 271 g/mol. The molecule has 104 valence electrons. The number of methoxy groups -OCH3 is 1. The Morgan fingerprint density at radius 2 is 2.00 bits per heavy atom. The highest BCUT2D eigenvalue weighted by Crippen LogP contribution is 2.25. The van der Waals surface area contributed by atoms with E-state index < -0.39 is 5.97 Å². The van der Waals surface area contributed by atoms with Crippen LogP contribution in [-0.4, -0.2) is 18.1 Å². The van der Waals surface area contributed by atoms with E-state index in [4.69, 9.17) is 5.73 Å². The summed E-state index contributed by atoms with van der Waals surface area (Å²) in [6.07, 6.45) is 0. The molecule has 0 aliphatic heterocycles. The minimum atomic E-state index is -0.492. The minimum Gasteiger partial charge on any atom is -0.464 e. The Morgan fingerprint density at radius 3 is 2.70 bits per heavy atom. The summed E-state index contributed by atoms with van der Waals surface area (Å²) >= 11 is 0. The zero-order valence-corrected chi connectivity index (χ0v) is 11.7. The largest absolute Gasteiger partial charge is 0.464 e. The summed E-state index contributed by atoms with van der Waals surface area (Å²) in [4.78, 5) is 15.7. The molecule has 5 nitrogen and oxygen atoms in total. The van der Waals surface area contributed by atoms with Crippen molar-refractivity contribution < 1.29 is 9.53 Å². The topological polar surface area (TPSA) is 77.2 Å². The lowest BCUT2D eigenvalue weighted by molar-refractivity contribution is 0.0594. The number of aryl methyl sites for hydroxylation is 1. The molecule has 0 aliphatic carbocycles. The fourth-order valence-electron chi connectivity index (χ4n) is 1.80. The molecule has 0 unspecified atom stereocenters. The number of nitrogens with two attached hydrogens (primary N) is 1. The van der Waals surface area contributed by atoms with Gasteiger partial charge in [-0.25, -0.2) is 9.78 Å². The number of nitrogens with zero attached hydrogens (tertiary/aromatic N) is 1. The van der Waals surface area contributed by atoms with Crippen LogP contribution in [-0.2, 0) is 4.74 Å². The van der Waals surface area contributed by atoms with Gasteiger partial charge in [-0.05, 0) is 43.2 Å². The lowest BCUT2D eigenvalue weighted by Gasteiger charge is -2.13. The first kappa shape index (κ1) is 13.9. The van der Waals surface area contributed by atoms with Gasteiger partial charge in [0.25, 0.3) is 0 Å². The Kier molecular flexibility index (Phi) is 3.89. The van der Waals surface area contributed by atoms with Crippen molar-refractivity contribution in [3.63, 3.8) is 0 Å². The quantitative estimate of drug-likeness (QED) is 0.839. The van der Waals surface area contributed by atoms with Gasteiger partial charge in [0.2, 0.25) is 0 Å². The second kappa shape index (κ2) is 5.61. The van der Waals surface area contributed by atoms with Gasteiger partial charge >= 0.3 is 5.97 Å². The highest BCUT2D eigenvalue weighted by atomic mass is 16.5. The normalized spacial score (nSPS) is 10.2. The molecule has 1 heterocycles. The van der Waals surface area contributed by atoms with Crippen LogP contribution in [0.5, 0.6) is 0 Å². The Morgan fingerprint density at radius 1 is 1.25 bits per heavy atom. The fourth-order valence-corrected chi connectivity index (χ4v) is 1.80. The highest BCUT2D eigenvalue weighted by molar-refractivity contribution is 5.89. The predicted octanol–water partition coefficient (Wildman–Crippen LogP) is 2.81. The summed E-state index contributed by atoms with van der Waals surface area (Å²) < 4.78 is 4.65. The second-order valence-corrected chi connectivity index (χ2v) is 4.50. The zero-order valence-electron chi connectivity index (χ0n) is 11.7. The van der Waals surface area contributed by atoms with Crippen LogP contribution in [0.25, 0.3) is 0 Å². The number of carbonyl (C=O) groups is 1. The standard InChI is InChI=1S/C15H17N3O2/c1-9-5-4-6-12(10(9)2)17-14-11(16)7-8-13(18-14)15(19)20-3/h4-8H,16H2,1-3H3,(H,17,18). The van der Waals surface area contributed by atoms with Gasteiger partial charge in [-0.2, -0.15) is 0 Å². The van der Waals surface area contributed by atoms with Crippen LogP contribution >= 0.6 is 0 Å². The first-order chi connectivity index (χ1) is 9.52. The molecule has 3 N–H and O–H groups in total. The molecule has 1 aromatic carbocycles. The van der Waals surface area contributed by atoms with Crippen LogP contribution < -0.4 is 11.1 Å². The van der Waals surface area contributed by atoms with Crippen molar-refractivity contribution in [1.82, 2.24) is 4.98 Å². The van der Waals surface area contributed by atoms with Crippen LogP contribution in [0.1, 0.15) is 21.6 Å². The zero-order chi connectivity index (χ0) is 14.7. The molecule has 0 bridgehead atoms. The van der Waals surface area contributed by atoms with Crippen molar-refractivity contribution in [3.05, 3.63) is 47.2 Å². The molecule has 0 radical (unpaired) electrons. The third kappa shape index (κ3) is 2.71. The minimum absolute atomic E-state index is 0.217. The highest BCUT2D eigenvalue weighted by Gasteiger charge is 2.11. The van der Waals surface area contributed by atoms with E-state index in [1.807, 2.05) is 32.0 Å². The Hall–Kier alpha value is -2.56. The van der Waals surface area contributed by atoms with E-state index >= 15 is 0 Å². The van der Waals surface area contributed by atoms with Gasteiger partial charge in [0.15, 0.2) is 11.5 Å². The van der Waals surface area contributed by atoms with E-state index in [0.29, 0.717) is 11.5 Å². The van der Waals surface area contributed by atoms with E-state index in [9.17, 15) is 4.79 Å². The van der Waals surface area contributed by atoms with Gasteiger partial charge in [-0.3, -0.25) is 0 Å². The lowest BCUT2D eigenvalue weighted by atomic mass is 10.1. The van der Waals surface area contributed by atoms with Crippen molar-refractivity contribution in [2.45, 2.75) is 13.8 Å². The van der Waals surface area contributed by atoms with Gasteiger partial charge in [-0.15, -0.1) is 0 Å². The van der Waals surface area contributed by atoms with E-state index in [2.05, 4.69) is 15.0 Å². The third-order valence-electron chi connectivity index (χ3n) is 3.18. The molecule has 2 rings (SSSR count). The molecule has 0 aliphatic rings. The Labute approximate surface area is 117 Å². The fraction of sp³-hybridized carbons (Fsp3) is 0.200. The van der Waals surface area contributed by atoms with Gasteiger partial charge in [-0.1, -0.05) is 12.1 Å². The first-order valence-electron chi connectivity index (χ1n) is 6.21. The van der Waals surface area contributed by atoms with Gasteiger partial charge in [0.1, 0.15) is 0 Å². The third-order valence-corrected chi connectivity index (χ3v) is 3.18. The van der Waals surface area contributed by atoms with E-state index in [1.54, 1.807) is 6.07 Å². The molecule has 20 heavy (non-hydrogen) atoms. The van der Waals surface area contributed by atoms with E-state index in [0.717, 1.165) is 16.8 Å². The van der Waals surface area contributed by atoms with Crippen LogP contribution in [0, 0.1) is 13.8 Å². The second-order valence-electron chi connectivity index (χ2n) is 4.50. The number of nitrogen functional groups attached to an aromatic ring is 1. The van der Waals surface area contributed by atoms with Gasteiger partial charge in [0, 0.05) is 5.69 Å². The molecular weight excluding hydrogens is 254 g/mol. The first-order valence-corrected chi connectivity index (χ1v) is 6.21. The summed E-state index contributed by atoms with van der Waals surface area (Å²) in [7, 11) is 1.32. The number of ether oxygens (including phenoxy) is 1. The number of esters is 1. The molecule has 0 spiro atoms. The van der Waals surface area contributed by atoms with Crippen LogP contribution in [0.15, 0.2) is 30.3 Å². The molecule has 0 saturated heterocycles. The molecule has 0 atom stereocenters. The number of pyridine rings is 1. The molecule has 0 fully saturated rings. The molecule has 5 heteroatoms.